The van der Waals surface area contributed by atoms with Crippen molar-refractivity contribution in [2.24, 2.45) is 5.92 Å². The topological polar surface area (TPSA) is 21.3 Å². The summed E-state index contributed by atoms with van der Waals surface area (Å²) >= 11 is 1.54. The largest absolute Gasteiger partial charge is 0.493 e. The molecule has 0 amide bonds. The number of benzene rings is 2. The molecule has 2 aromatic carbocycles. The molecule has 2 nitrogen and oxygen atoms in total. The van der Waals surface area contributed by atoms with Gasteiger partial charge in [-0.25, -0.2) is 4.39 Å². The van der Waals surface area contributed by atoms with Crippen LogP contribution in [0.5, 0.6) is 5.75 Å². The summed E-state index contributed by atoms with van der Waals surface area (Å²) in [5, 5.41) is 0. The molecule has 4 heteroatoms. The Morgan fingerprint density at radius 3 is 3.00 bits per heavy atom. The highest BCUT2D eigenvalue weighted by Gasteiger charge is 2.44. The summed E-state index contributed by atoms with van der Waals surface area (Å²) in [4.78, 5) is 1.06. The fraction of sp³-hybridized carbons (Fsp3) is 0.368. The fourth-order valence-corrected chi connectivity index (χ4v) is 4.26. The summed E-state index contributed by atoms with van der Waals surface area (Å²) < 4.78 is 22.7. The Labute approximate surface area is 140 Å². The average Bonchev–Trinajstić information content (AvgIpc) is 3.35. The van der Waals surface area contributed by atoms with E-state index >= 15 is 0 Å². The van der Waals surface area contributed by atoms with Gasteiger partial charge in [-0.1, -0.05) is 13.0 Å². The van der Waals surface area contributed by atoms with Crippen molar-refractivity contribution in [1.29, 1.82) is 0 Å². The second-order valence-corrected chi connectivity index (χ2v) is 7.23. The van der Waals surface area contributed by atoms with Crippen LogP contribution in [0, 0.1) is 18.7 Å². The molecule has 1 N–H and O–H groups in total. The smallest absolute Gasteiger partial charge is 0.127 e. The molecule has 0 saturated heterocycles. The van der Waals surface area contributed by atoms with Crippen LogP contribution in [0.25, 0.3) is 0 Å². The maximum Gasteiger partial charge on any atom is 0.127 e. The molecule has 0 spiro atoms. The zero-order valence-corrected chi connectivity index (χ0v) is 14.2. The summed E-state index contributed by atoms with van der Waals surface area (Å²) in [6.07, 6.45) is 2.08. The second kappa shape index (κ2) is 5.75. The third-order valence-electron chi connectivity index (χ3n) is 4.87. The van der Waals surface area contributed by atoms with Crippen molar-refractivity contribution in [1.82, 2.24) is 0 Å². The summed E-state index contributed by atoms with van der Waals surface area (Å²) in [5.41, 5.74) is 4.63. The third-order valence-corrected chi connectivity index (χ3v) is 5.81. The van der Waals surface area contributed by atoms with Crippen LogP contribution in [-0.4, -0.2) is 6.61 Å². The lowest BCUT2D eigenvalue weighted by Gasteiger charge is -2.21. The lowest BCUT2D eigenvalue weighted by molar-refractivity contribution is 0.277. The molecule has 1 fully saturated rings. The Kier molecular flexibility index (Phi) is 3.72. The number of aryl methyl sites for hydroxylation is 1. The van der Waals surface area contributed by atoms with Crippen molar-refractivity contribution in [3.63, 3.8) is 0 Å². The van der Waals surface area contributed by atoms with Gasteiger partial charge in [-0.05, 0) is 73.0 Å². The number of ether oxygens (including phenoxy) is 1. The Bertz CT molecular complexity index is 761. The van der Waals surface area contributed by atoms with Crippen molar-refractivity contribution in [3.05, 3.63) is 52.8 Å². The van der Waals surface area contributed by atoms with E-state index in [-0.39, 0.29) is 5.82 Å². The monoisotopic (exact) mass is 329 g/mol. The Morgan fingerprint density at radius 2 is 2.17 bits per heavy atom. The van der Waals surface area contributed by atoms with E-state index in [0.29, 0.717) is 5.92 Å². The van der Waals surface area contributed by atoms with Crippen molar-refractivity contribution in [3.8, 4) is 5.75 Å². The first kappa shape index (κ1) is 14.9. The molecule has 0 radical (unpaired) electrons. The summed E-state index contributed by atoms with van der Waals surface area (Å²) in [6, 6.07) is 9.30. The summed E-state index contributed by atoms with van der Waals surface area (Å²) in [5.74, 6) is 2.33. The average molecular weight is 329 g/mol. The maximum absolute atomic E-state index is 13.3. The molecule has 1 aliphatic carbocycles. The van der Waals surface area contributed by atoms with Gasteiger partial charge < -0.3 is 9.46 Å². The van der Waals surface area contributed by atoms with E-state index < -0.39 is 0 Å². The standard InChI is InChI=1S/C19H20FNOS/c1-3-12-8-14(20)4-7-18(12)23-21-17-6-5-15-16-9-13(16)10-22-19(15)11(17)2/h4-8,13,16,21H,3,9-10H2,1-2H3/t13-,16?/m0/s1. The van der Waals surface area contributed by atoms with Gasteiger partial charge in [-0.2, -0.15) is 0 Å². The van der Waals surface area contributed by atoms with Crippen LogP contribution in [0.3, 0.4) is 0 Å². The molecule has 0 bridgehead atoms. The van der Waals surface area contributed by atoms with Crippen LogP contribution in [0.1, 0.15) is 36.0 Å². The lowest BCUT2D eigenvalue weighted by atomic mass is 10.0. The number of rotatable bonds is 4. The summed E-state index contributed by atoms with van der Waals surface area (Å²) in [6.45, 7) is 5.01. The van der Waals surface area contributed by atoms with Gasteiger partial charge in [0, 0.05) is 16.4 Å². The number of hydrogen-bond acceptors (Lipinski definition) is 3. The van der Waals surface area contributed by atoms with Gasteiger partial charge in [0.25, 0.3) is 0 Å². The molecule has 0 aromatic heterocycles. The quantitative estimate of drug-likeness (QED) is 0.768. The normalized spacial score (nSPS) is 21.2. The SMILES string of the molecule is CCc1cc(F)ccc1SNc1ccc2c(c1C)OC[C@@H]1CC21. The molecule has 1 aliphatic heterocycles. The van der Waals surface area contributed by atoms with Gasteiger partial charge in [-0.3, -0.25) is 0 Å². The van der Waals surface area contributed by atoms with Crippen LogP contribution in [0.2, 0.25) is 0 Å². The van der Waals surface area contributed by atoms with Crippen LogP contribution >= 0.6 is 11.9 Å². The lowest BCUT2D eigenvalue weighted by Crippen LogP contribution is -2.10. The van der Waals surface area contributed by atoms with Gasteiger partial charge in [0.2, 0.25) is 0 Å². The highest BCUT2D eigenvalue weighted by Crippen LogP contribution is 2.55. The third kappa shape index (κ3) is 2.69. The van der Waals surface area contributed by atoms with Gasteiger partial charge in [0.1, 0.15) is 11.6 Å². The number of hydrogen-bond donors (Lipinski definition) is 1. The first-order valence-corrected chi connectivity index (χ1v) is 8.96. The molecular formula is C19H20FNOS. The number of anilines is 1. The van der Waals surface area contributed by atoms with Crippen molar-refractivity contribution >= 4 is 17.6 Å². The van der Waals surface area contributed by atoms with Crippen LogP contribution in [-0.2, 0) is 6.42 Å². The summed E-state index contributed by atoms with van der Waals surface area (Å²) in [7, 11) is 0. The van der Waals surface area contributed by atoms with Crippen molar-refractivity contribution < 1.29 is 9.13 Å². The number of halogens is 1. The van der Waals surface area contributed by atoms with E-state index in [9.17, 15) is 4.39 Å². The van der Waals surface area contributed by atoms with E-state index in [0.717, 1.165) is 40.8 Å². The molecular weight excluding hydrogens is 309 g/mol. The number of nitrogens with one attached hydrogen (secondary N) is 1. The first-order chi connectivity index (χ1) is 11.2. The van der Waals surface area contributed by atoms with Gasteiger partial charge in [0.05, 0.1) is 12.3 Å². The van der Waals surface area contributed by atoms with Gasteiger partial charge in [-0.15, -0.1) is 0 Å². The van der Waals surface area contributed by atoms with E-state index in [4.69, 9.17) is 4.74 Å². The van der Waals surface area contributed by atoms with E-state index in [1.165, 1.54) is 35.6 Å². The Morgan fingerprint density at radius 1 is 1.30 bits per heavy atom. The zero-order valence-electron chi connectivity index (χ0n) is 13.4. The fourth-order valence-electron chi connectivity index (χ4n) is 3.34. The molecule has 2 aromatic rings. The van der Waals surface area contributed by atoms with Crippen LogP contribution in [0.15, 0.2) is 35.2 Å². The minimum atomic E-state index is -0.177. The van der Waals surface area contributed by atoms with Crippen molar-refractivity contribution in [2.45, 2.75) is 37.5 Å². The van der Waals surface area contributed by atoms with E-state index in [1.54, 1.807) is 6.07 Å². The highest BCUT2D eigenvalue weighted by atomic mass is 32.2. The molecule has 2 atom stereocenters. The molecule has 4 rings (SSSR count). The molecule has 2 aliphatic rings. The van der Waals surface area contributed by atoms with Crippen LogP contribution < -0.4 is 9.46 Å². The Balaban J connectivity index is 1.56. The molecule has 23 heavy (non-hydrogen) atoms. The molecule has 1 unspecified atom stereocenters. The first-order valence-electron chi connectivity index (χ1n) is 8.15. The zero-order chi connectivity index (χ0) is 16.0. The van der Waals surface area contributed by atoms with E-state index in [2.05, 4.69) is 23.8 Å². The highest BCUT2D eigenvalue weighted by molar-refractivity contribution is 8.00. The van der Waals surface area contributed by atoms with Gasteiger partial charge in [0.15, 0.2) is 0 Å². The van der Waals surface area contributed by atoms with E-state index in [1.807, 2.05) is 13.0 Å². The second-order valence-electron chi connectivity index (χ2n) is 6.38. The molecule has 1 saturated carbocycles. The maximum atomic E-state index is 13.3. The Hall–Kier alpha value is -1.68. The minimum Gasteiger partial charge on any atom is -0.493 e. The number of fused-ring (bicyclic) bond motifs is 3. The van der Waals surface area contributed by atoms with Crippen molar-refractivity contribution in [2.75, 3.05) is 11.3 Å². The van der Waals surface area contributed by atoms with Gasteiger partial charge >= 0.3 is 0 Å². The molecule has 120 valence electrons. The predicted molar refractivity (Wildman–Crippen MR) is 92.8 cm³/mol. The predicted octanol–water partition coefficient (Wildman–Crippen LogP) is 5.31. The van der Waals surface area contributed by atoms with Crippen LogP contribution in [0.4, 0.5) is 10.1 Å². The molecule has 1 heterocycles. The minimum absolute atomic E-state index is 0.177.